The summed E-state index contributed by atoms with van der Waals surface area (Å²) in [5.41, 5.74) is 3.12. The number of aliphatic hydroxyl groups is 1. The number of carbonyl (C=O) groups is 2. The average Bonchev–Trinajstić information content (AvgIpc) is 3.46. The first-order valence-electron chi connectivity index (χ1n) is 19.0. The number of fused-ring (bicyclic) bond motifs is 4. The number of halogens is 1. The number of nitrogens with one attached hydrogen (secondary N) is 2. The van der Waals surface area contributed by atoms with E-state index in [0.29, 0.717) is 43.6 Å². The van der Waals surface area contributed by atoms with E-state index in [1.165, 1.54) is 29.1 Å². The van der Waals surface area contributed by atoms with Crippen molar-refractivity contribution in [1.29, 1.82) is 0 Å². The second-order valence-corrected chi connectivity index (χ2v) is 17.9. The number of aliphatic hydroxyl groups excluding tert-OH is 1. The van der Waals surface area contributed by atoms with Gasteiger partial charge in [0, 0.05) is 54.8 Å². The molecular formula is C40H51ClN6O7S. The zero-order chi connectivity index (χ0) is 38.9. The largest absolute Gasteiger partial charge is 0.490 e. The van der Waals surface area contributed by atoms with Crippen LogP contribution in [0.5, 0.6) is 11.6 Å². The molecule has 15 heteroatoms. The Morgan fingerprint density at radius 3 is 2.80 bits per heavy atom. The van der Waals surface area contributed by atoms with Crippen LogP contribution < -0.4 is 24.4 Å². The summed E-state index contributed by atoms with van der Waals surface area (Å²) in [6, 6.07) is 11.3. The number of likely N-dealkylation sites (N-methyl/N-ethyl adjacent to an activating group) is 1. The van der Waals surface area contributed by atoms with Gasteiger partial charge in [-0.15, -0.1) is 9.46 Å². The molecule has 1 fully saturated rings. The molecule has 2 amide bonds. The van der Waals surface area contributed by atoms with Crippen LogP contribution in [-0.4, -0.2) is 95.9 Å². The van der Waals surface area contributed by atoms with Gasteiger partial charge in [-0.2, -0.15) is 0 Å². The van der Waals surface area contributed by atoms with Crippen LogP contribution in [0.3, 0.4) is 0 Å². The number of rotatable bonds is 7. The number of hydrogen-bond donors (Lipinski definition) is 3. The molecule has 296 valence electrons. The molecule has 0 saturated heterocycles. The van der Waals surface area contributed by atoms with Crippen molar-refractivity contribution in [2.75, 3.05) is 57.7 Å². The molecule has 3 aromatic rings. The van der Waals surface area contributed by atoms with Crippen LogP contribution in [0.2, 0.25) is 5.02 Å². The number of nitrogens with zero attached hydrogens (tertiary/aromatic N) is 4. The molecule has 2 aliphatic heterocycles. The minimum absolute atomic E-state index is 0.0104. The van der Waals surface area contributed by atoms with E-state index < -0.39 is 39.9 Å². The van der Waals surface area contributed by atoms with E-state index in [9.17, 15) is 18.9 Å². The summed E-state index contributed by atoms with van der Waals surface area (Å²) in [7, 11) is 1.06. The predicted molar refractivity (Wildman–Crippen MR) is 211 cm³/mol. The standard InChI is InChI=1S/C40H51ClN6O7S/c1-25-22-55(51,45-38(50)31-21-46(3)43-39(31)52-4)44-37(49)27-8-13-36-33(19-27)47(20-28-7-10-30(28)34(48)12-14-35(25)53-17-16-42-2)23-40(24-54-36)15-5-6-26-18-29(41)9-11-32(26)40/h8-9,11-14,18-19,21,25,28,30,34-35,42,48H,5-7,10,15-17,20,22-24H2,1-4H3,(H,44,45,49,50,51)/b14-12+/t25-,28+,30-,34+,35+,40+,55?/m1/s1. The summed E-state index contributed by atoms with van der Waals surface area (Å²) >= 11 is 6.46. The number of amides is 2. The van der Waals surface area contributed by atoms with Gasteiger partial charge in [0.2, 0.25) is 5.88 Å². The molecule has 2 aliphatic carbocycles. The fraction of sp³-hybridized carbons (Fsp3) is 0.525. The van der Waals surface area contributed by atoms with Crippen LogP contribution in [0.1, 0.15) is 64.4 Å². The lowest BCUT2D eigenvalue weighted by atomic mass is 9.68. The average molecular weight is 795 g/mol. The van der Waals surface area contributed by atoms with Gasteiger partial charge in [0.1, 0.15) is 21.2 Å². The quantitative estimate of drug-likeness (QED) is 0.226. The summed E-state index contributed by atoms with van der Waals surface area (Å²) < 4.78 is 41.3. The monoisotopic (exact) mass is 794 g/mol. The maximum Gasteiger partial charge on any atom is 0.286 e. The fourth-order valence-corrected chi connectivity index (χ4v) is 10.7. The Morgan fingerprint density at radius 2 is 2.04 bits per heavy atom. The van der Waals surface area contributed by atoms with Gasteiger partial charge in [0.05, 0.1) is 44.0 Å². The second kappa shape index (κ2) is 16.3. The van der Waals surface area contributed by atoms with E-state index in [0.717, 1.165) is 37.8 Å². The molecule has 1 saturated carbocycles. The van der Waals surface area contributed by atoms with Crippen LogP contribution in [0.15, 0.2) is 59.1 Å². The Labute approximate surface area is 328 Å². The van der Waals surface area contributed by atoms with Gasteiger partial charge in [-0.05, 0) is 92.4 Å². The molecule has 3 heterocycles. The van der Waals surface area contributed by atoms with Gasteiger partial charge in [-0.1, -0.05) is 36.7 Å². The highest BCUT2D eigenvalue weighted by Gasteiger charge is 2.44. The molecule has 55 heavy (non-hydrogen) atoms. The topological polar surface area (TPSA) is 157 Å². The van der Waals surface area contributed by atoms with Crippen LogP contribution in [0, 0.1) is 17.8 Å². The highest BCUT2D eigenvalue weighted by Crippen LogP contribution is 2.47. The predicted octanol–water partition coefficient (Wildman–Crippen LogP) is 4.71. The van der Waals surface area contributed by atoms with E-state index >= 15 is 0 Å². The van der Waals surface area contributed by atoms with E-state index in [-0.39, 0.29) is 40.0 Å². The Morgan fingerprint density at radius 1 is 1.20 bits per heavy atom. The van der Waals surface area contributed by atoms with E-state index in [2.05, 4.69) is 36.5 Å². The van der Waals surface area contributed by atoms with Crippen molar-refractivity contribution in [3.8, 4) is 11.6 Å². The van der Waals surface area contributed by atoms with Crippen molar-refractivity contribution in [3.05, 3.63) is 82.0 Å². The first kappa shape index (κ1) is 39.3. The Kier molecular flexibility index (Phi) is 11.6. The highest BCUT2D eigenvalue weighted by molar-refractivity contribution is 7.92. The van der Waals surface area contributed by atoms with Crippen molar-refractivity contribution < 1.29 is 33.1 Å². The van der Waals surface area contributed by atoms with Crippen molar-refractivity contribution in [2.24, 2.45) is 29.2 Å². The van der Waals surface area contributed by atoms with E-state index in [1.54, 1.807) is 31.3 Å². The summed E-state index contributed by atoms with van der Waals surface area (Å²) in [6.45, 7) is 4.47. The first-order valence-corrected chi connectivity index (χ1v) is 21.1. The van der Waals surface area contributed by atoms with Crippen LogP contribution in [0.4, 0.5) is 5.69 Å². The third-order valence-corrected chi connectivity index (χ3v) is 13.8. The molecule has 13 nitrogen and oxygen atoms in total. The zero-order valence-corrected chi connectivity index (χ0v) is 33.4. The number of aromatic nitrogens is 2. The third-order valence-electron chi connectivity index (χ3n) is 11.6. The molecule has 2 aromatic carbocycles. The molecule has 7 atom stereocenters. The normalized spacial score (nSPS) is 29.8. The Bertz CT molecular complexity index is 2080. The fourth-order valence-electron chi connectivity index (χ4n) is 8.59. The van der Waals surface area contributed by atoms with E-state index in [1.807, 2.05) is 26.1 Å². The molecule has 3 N–H and O–H groups in total. The summed E-state index contributed by atoms with van der Waals surface area (Å²) in [5, 5.41) is 19.6. The lowest BCUT2D eigenvalue weighted by molar-refractivity contribution is 0.0397. The van der Waals surface area contributed by atoms with Gasteiger partial charge < -0.3 is 29.5 Å². The van der Waals surface area contributed by atoms with Crippen LogP contribution in [-0.2, 0) is 33.5 Å². The van der Waals surface area contributed by atoms with Crippen LogP contribution >= 0.6 is 11.6 Å². The zero-order valence-electron chi connectivity index (χ0n) is 31.8. The molecule has 7 rings (SSSR count). The van der Waals surface area contributed by atoms with Gasteiger partial charge >= 0.3 is 0 Å². The molecule has 0 radical (unpaired) electrons. The van der Waals surface area contributed by atoms with Gasteiger partial charge in [-0.25, -0.2) is 4.21 Å². The summed E-state index contributed by atoms with van der Waals surface area (Å²) in [6.07, 6.45) is 8.40. The Balaban J connectivity index is 1.31. The number of ether oxygens (including phenoxy) is 3. The summed E-state index contributed by atoms with van der Waals surface area (Å²) in [5.74, 6) is -1.31. The molecule has 1 spiro atoms. The number of carbonyl (C=O) groups excluding carboxylic acids is 2. The number of hydrogen-bond acceptors (Lipinski definition) is 10. The highest BCUT2D eigenvalue weighted by atomic mass is 35.5. The van der Waals surface area contributed by atoms with E-state index in [4.69, 9.17) is 25.8 Å². The molecule has 1 unspecified atom stereocenters. The van der Waals surface area contributed by atoms with Crippen molar-refractivity contribution >= 4 is 39.0 Å². The molecular weight excluding hydrogens is 744 g/mol. The van der Waals surface area contributed by atoms with Gasteiger partial charge in [-0.3, -0.25) is 19.0 Å². The minimum atomic E-state index is -3.78. The maximum absolute atomic E-state index is 14.9. The maximum atomic E-state index is 14.9. The third kappa shape index (κ3) is 8.29. The Hall–Kier alpha value is -3.95. The van der Waals surface area contributed by atoms with Crippen molar-refractivity contribution in [1.82, 2.24) is 19.8 Å². The molecule has 2 bridgehead atoms. The first-order chi connectivity index (χ1) is 26.4. The van der Waals surface area contributed by atoms with Gasteiger partial charge in [0.15, 0.2) is 0 Å². The van der Waals surface area contributed by atoms with Crippen molar-refractivity contribution in [2.45, 2.75) is 56.7 Å². The molecule has 1 aromatic heterocycles. The lowest BCUT2D eigenvalue weighted by Gasteiger charge is -2.45. The van der Waals surface area contributed by atoms with Gasteiger partial charge in [0.25, 0.3) is 11.8 Å². The second-order valence-electron chi connectivity index (χ2n) is 15.4. The number of benzene rings is 2. The minimum Gasteiger partial charge on any atom is -0.490 e. The lowest BCUT2D eigenvalue weighted by Crippen LogP contribution is -2.49. The van der Waals surface area contributed by atoms with Crippen molar-refractivity contribution in [3.63, 3.8) is 0 Å². The number of aryl methyl sites for hydroxylation is 2. The smallest absolute Gasteiger partial charge is 0.286 e. The summed E-state index contributed by atoms with van der Waals surface area (Å²) in [4.78, 5) is 30.2. The van der Waals surface area contributed by atoms with Crippen LogP contribution in [0.25, 0.3) is 0 Å². The molecule has 4 aliphatic rings. The number of anilines is 1. The SMILES string of the molecule is CNCCO[C@H]1/C=C/[C@H](O)[C@@H]2CC[C@H]2CN2C[C@@]3(CCCc4cc(Cl)ccc43)COc3ccc(cc32)C(=O)N=S(=O)(NC(=O)c2cn(C)nc2OC)C[C@H]1C. The number of methoxy groups -OCH3 is 1.